The molecule has 21 heavy (non-hydrogen) atoms. The van der Waals surface area contributed by atoms with Gasteiger partial charge < -0.3 is 15.2 Å². The number of thiazole rings is 1. The third kappa shape index (κ3) is 3.19. The van der Waals surface area contributed by atoms with Crippen molar-refractivity contribution in [2.45, 2.75) is 13.8 Å². The predicted molar refractivity (Wildman–Crippen MR) is 79.5 cm³/mol. The number of carbonyl (C=O) groups excluding carboxylic acids is 1. The zero-order chi connectivity index (χ0) is 15.6. The summed E-state index contributed by atoms with van der Waals surface area (Å²) >= 11 is 1.31. The summed E-state index contributed by atoms with van der Waals surface area (Å²) in [5.41, 5.74) is 1.18. The van der Waals surface area contributed by atoms with Gasteiger partial charge in [-0.25, -0.2) is 9.78 Å². The van der Waals surface area contributed by atoms with Gasteiger partial charge in [-0.2, -0.15) is 0 Å². The summed E-state index contributed by atoms with van der Waals surface area (Å²) in [5.74, 6) is -1.17. The van der Waals surface area contributed by atoms with Crippen LogP contribution in [0.15, 0.2) is 18.2 Å². The highest BCUT2D eigenvalue weighted by Gasteiger charge is 2.16. The molecule has 0 spiro atoms. The molecule has 0 aliphatic carbocycles. The number of benzene rings is 1. The van der Waals surface area contributed by atoms with Crippen LogP contribution in [0.4, 0.5) is 5.69 Å². The average molecular weight is 306 g/mol. The SMILES string of the molecule is COc1cc(NC(=O)c2sc(C)nc2C)ccc1C(=O)O. The quantitative estimate of drug-likeness (QED) is 0.906. The zero-order valence-electron chi connectivity index (χ0n) is 11.8. The van der Waals surface area contributed by atoms with Gasteiger partial charge in [0.05, 0.1) is 17.8 Å². The molecule has 2 aromatic rings. The first-order valence-corrected chi connectivity index (χ1v) is 6.90. The number of aromatic carboxylic acids is 1. The fraction of sp³-hybridized carbons (Fsp3) is 0.214. The van der Waals surface area contributed by atoms with Gasteiger partial charge in [-0.15, -0.1) is 11.3 Å². The van der Waals surface area contributed by atoms with Crippen molar-refractivity contribution in [2.24, 2.45) is 0 Å². The molecule has 0 aliphatic rings. The molecule has 7 heteroatoms. The highest BCUT2D eigenvalue weighted by atomic mass is 32.1. The lowest BCUT2D eigenvalue weighted by Crippen LogP contribution is -2.12. The second-order valence-corrected chi connectivity index (χ2v) is 5.52. The Labute approximate surface area is 125 Å². The minimum atomic E-state index is -1.08. The van der Waals surface area contributed by atoms with Crippen molar-refractivity contribution in [3.8, 4) is 5.75 Å². The third-order valence-electron chi connectivity index (χ3n) is 2.80. The van der Waals surface area contributed by atoms with Crippen molar-refractivity contribution < 1.29 is 19.4 Å². The molecule has 110 valence electrons. The summed E-state index contributed by atoms with van der Waals surface area (Å²) in [6.45, 7) is 3.60. The number of anilines is 1. The van der Waals surface area contributed by atoms with E-state index in [2.05, 4.69) is 10.3 Å². The van der Waals surface area contributed by atoms with E-state index in [1.165, 1.54) is 36.6 Å². The molecule has 0 fully saturated rings. The van der Waals surface area contributed by atoms with E-state index in [1.54, 1.807) is 6.92 Å². The van der Waals surface area contributed by atoms with Crippen LogP contribution in [-0.4, -0.2) is 29.1 Å². The van der Waals surface area contributed by atoms with Gasteiger partial charge in [0, 0.05) is 11.8 Å². The van der Waals surface area contributed by atoms with Crippen LogP contribution in [0, 0.1) is 13.8 Å². The molecular formula is C14H14N2O4S. The summed E-state index contributed by atoms with van der Waals surface area (Å²) in [5, 5.41) is 12.5. The van der Waals surface area contributed by atoms with Gasteiger partial charge in [-0.1, -0.05) is 0 Å². The van der Waals surface area contributed by atoms with Crippen molar-refractivity contribution >= 4 is 28.9 Å². The number of hydrogen-bond acceptors (Lipinski definition) is 5. The average Bonchev–Trinajstić information content (AvgIpc) is 2.77. The smallest absolute Gasteiger partial charge is 0.339 e. The number of amides is 1. The predicted octanol–water partition coefficient (Wildman–Crippen LogP) is 2.72. The summed E-state index contributed by atoms with van der Waals surface area (Å²) in [4.78, 5) is 27.9. The van der Waals surface area contributed by atoms with E-state index >= 15 is 0 Å². The van der Waals surface area contributed by atoms with Crippen LogP contribution in [0.5, 0.6) is 5.75 Å². The van der Waals surface area contributed by atoms with Crippen molar-refractivity contribution in [1.82, 2.24) is 4.98 Å². The lowest BCUT2D eigenvalue weighted by molar-refractivity contribution is 0.0693. The van der Waals surface area contributed by atoms with Gasteiger partial charge in [-0.3, -0.25) is 4.79 Å². The highest BCUT2D eigenvalue weighted by Crippen LogP contribution is 2.25. The highest BCUT2D eigenvalue weighted by molar-refractivity contribution is 7.13. The van der Waals surface area contributed by atoms with Gasteiger partial charge >= 0.3 is 5.97 Å². The van der Waals surface area contributed by atoms with Gasteiger partial charge in [0.1, 0.15) is 16.2 Å². The van der Waals surface area contributed by atoms with Crippen LogP contribution in [-0.2, 0) is 0 Å². The van der Waals surface area contributed by atoms with E-state index in [-0.39, 0.29) is 17.2 Å². The number of nitrogens with zero attached hydrogens (tertiary/aromatic N) is 1. The number of carbonyl (C=O) groups is 2. The standard InChI is InChI=1S/C14H14N2O4S/c1-7-12(21-8(2)15-7)13(17)16-9-4-5-10(14(18)19)11(6-9)20-3/h4-6H,1-3H3,(H,16,17)(H,18,19). The minimum Gasteiger partial charge on any atom is -0.496 e. The molecule has 0 unspecified atom stereocenters. The Hall–Kier alpha value is -2.41. The lowest BCUT2D eigenvalue weighted by atomic mass is 10.2. The second-order valence-electron chi connectivity index (χ2n) is 4.32. The largest absolute Gasteiger partial charge is 0.496 e. The van der Waals surface area contributed by atoms with E-state index in [0.717, 1.165) is 5.01 Å². The first-order valence-electron chi connectivity index (χ1n) is 6.09. The van der Waals surface area contributed by atoms with Gasteiger partial charge in [0.25, 0.3) is 5.91 Å². The van der Waals surface area contributed by atoms with E-state index in [0.29, 0.717) is 16.3 Å². The molecule has 0 saturated heterocycles. The first kappa shape index (κ1) is 15.0. The Bertz CT molecular complexity index is 709. The Balaban J connectivity index is 2.26. The number of ether oxygens (including phenoxy) is 1. The number of rotatable bonds is 4. The fourth-order valence-corrected chi connectivity index (χ4v) is 2.69. The Morgan fingerprint density at radius 2 is 2.05 bits per heavy atom. The van der Waals surface area contributed by atoms with Crippen LogP contribution in [0.2, 0.25) is 0 Å². The van der Waals surface area contributed by atoms with Crippen molar-refractivity contribution in [3.63, 3.8) is 0 Å². The van der Waals surface area contributed by atoms with Gasteiger partial charge in [0.2, 0.25) is 0 Å². The van der Waals surface area contributed by atoms with Crippen molar-refractivity contribution in [3.05, 3.63) is 39.3 Å². The number of carboxylic acids is 1. The Morgan fingerprint density at radius 1 is 1.33 bits per heavy atom. The van der Waals surface area contributed by atoms with Crippen molar-refractivity contribution in [1.29, 1.82) is 0 Å². The van der Waals surface area contributed by atoms with Crippen LogP contribution in [0.25, 0.3) is 0 Å². The van der Waals surface area contributed by atoms with Crippen LogP contribution < -0.4 is 10.1 Å². The van der Waals surface area contributed by atoms with Crippen LogP contribution >= 0.6 is 11.3 Å². The first-order chi connectivity index (χ1) is 9.92. The number of aromatic nitrogens is 1. The maximum atomic E-state index is 12.2. The molecule has 2 rings (SSSR count). The molecular weight excluding hydrogens is 292 g/mol. The number of nitrogens with one attached hydrogen (secondary N) is 1. The third-order valence-corrected chi connectivity index (χ3v) is 3.87. The van der Waals surface area contributed by atoms with Crippen LogP contribution in [0.1, 0.15) is 30.7 Å². The monoisotopic (exact) mass is 306 g/mol. The van der Waals surface area contributed by atoms with Crippen molar-refractivity contribution in [2.75, 3.05) is 12.4 Å². The molecule has 2 N–H and O–H groups in total. The molecule has 1 aromatic carbocycles. The Morgan fingerprint density at radius 3 is 2.57 bits per heavy atom. The zero-order valence-corrected chi connectivity index (χ0v) is 12.6. The normalized spacial score (nSPS) is 10.2. The summed E-state index contributed by atoms with van der Waals surface area (Å²) in [6.07, 6.45) is 0. The van der Waals surface area contributed by atoms with E-state index < -0.39 is 5.97 Å². The number of aryl methyl sites for hydroxylation is 2. The maximum absolute atomic E-state index is 12.2. The second kappa shape index (κ2) is 5.92. The minimum absolute atomic E-state index is 0.0420. The molecule has 1 amide bonds. The number of carboxylic acid groups (broad SMARTS) is 1. The summed E-state index contributed by atoms with van der Waals surface area (Å²) < 4.78 is 5.02. The number of methoxy groups -OCH3 is 1. The summed E-state index contributed by atoms with van der Waals surface area (Å²) in [7, 11) is 1.38. The van der Waals surface area contributed by atoms with E-state index in [4.69, 9.17) is 9.84 Å². The van der Waals surface area contributed by atoms with E-state index in [1.807, 2.05) is 6.92 Å². The topological polar surface area (TPSA) is 88.5 Å². The molecule has 0 atom stereocenters. The van der Waals surface area contributed by atoms with Gasteiger partial charge in [-0.05, 0) is 26.0 Å². The number of hydrogen-bond donors (Lipinski definition) is 2. The molecule has 1 aromatic heterocycles. The van der Waals surface area contributed by atoms with Gasteiger partial charge in [0.15, 0.2) is 0 Å². The lowest BCUT2D eigenvalue weighted by Gasteiger charge is -2.09. The van der Waals surface area contributed by atoms with E-state index in [9.17, 15) is 9.59 Å². The molecule has 0 radical (unpaired) electrons. The fourth-order valence-electron chi connectivity index (χ4n) is 1.88. The molecule has 0 bridgehead atoms. The van der Waals surface area contributed by atoms with Crippen LogP contribution in [0.3, 0.4) is 0 Å². The molecule has 1 heterocycles. The molecule has 6 nitrogen and oxygen atoms in total. The molecule has 0 saturated carbocycles. The molecule has 0 aliphatic heterocycles. The maximum Gasteiger partial charge on any atom is 0.339 e. The Kier molecular flexibility index (Phi) is 4.23. The summed E-state index contributed by atoms with van der Waals surface area (Å²) in [6, 6.07) is 4.39.